The molecule has 0 spiro atoms. The number of anilines is 1. The molecule has 1 aromatic heterocycles. The van der Waals surface area contributed by atoms with Gasteiger partial charge < -0.3 is 9.73 Å². The van der Waals surface area contributed by atoms with Crippen LogP contribution < -0.4 is 5.32 Å². The van der Waals surface area contributed by atoms with Crippen LogP contribution in [0.5, 0.6) is 0 Å². The molecule has 0 unspecified atom stereocenters. The van der Waals surface area contributed by atoms with Crippen molar-refractivity contribution >= 4 is 22.6 Å². The molecule has 3 heteroatoms. The summed E-state index contributed by atoms with van der Waals surface area (Å²) in [6.45, 7) is 4.04. The van der Waals surface area contributed by atoms with Crippen LogP contribution >= 0.6 is 0 Å². The number of rotatable bonds is 3. The lowest BCUT2D eigenvalue weighted by molar-refractivity contribution is 0.0998. The molecule has 3 rings (SSSR count). The molecule has 0 radical (unpaired) electrons. The van der Waals surface area contributed by atoms with Crippen LogP contribution in [0.25, 0.3) is 11.0 Å². The maximum absolute atomic E-state index is 12.4. The molecule has 1 N–H and O–H groups in total. The summed E-state index contributed by atoms with van der Waals surface area (Å²) in [5.74, 6) is 0.122. The first-order valence-electron chi connectivity index (χ1n) is 7.07. The van der Waals surface area contributed by atoms with E-state index in [0.29, 0.717) is 5.76 Å². The first-order chi connectivity index (χ1) is 10.2. The number of para-hydroxylation sites is 2. The number of carbonyl (C=O) groups excluding carboxylic acids is 1. The van der Waals surface area contributed by atoms with Gasteiger partial charge in [0.15, 0.2) is 5.76 Å². The van der Waals surface area contributed by atoms with Crippen LogP contribution in [0.4, 0.5) is 5.69 Å². The number of amides is 1. The zero-order valence-corrected chi connectivity index (χ0v) is 12.1. The lowest BCUT2D eigenvalue weighted by Gasteiger charge is -2.07. The SMILES string of the molecule is CCc1ccccc1NC(=O)c1cc2cccc(C)c2o1. The van der Waals surface area contributed by atoms with E-state index in [2.05, 4.69) is 12.2 Å². The predicted octanol–water partition coefficient (Wildman–Crippen LogP) is 4.56. The molecule has 0 saturated heterocycles. The van der Waals surface area contributed by atoms with E-state index in [1.807, 2.05) is 49.4 Å². The third kappa shape index (κ3) is 2.55. The van der Waals surface area contributed by atoms with Gasteiger partial charge >= 0.3 is 0 Å². The number of hydrogen-bond donors (Lipinski definition) is 1. The molecule has 1 heterocycles. The van der Waals surface area contributed by atoms with Crippen molar-refractivity contribution < 1.29 is 9.21 Å². The van der Waals surface area contributed by atoms with Crippen LogP contribution in [0.2, 0.25) is 0 Å². The second kappa shape index (κ2) is 5.44. The Bertz CT molecular complexity index is 802. The first-order valence-corrected chi connectivity index (χ1v) is 7.07. The highest BCUT2D eigenvalue weighted by atomic mass is 16.3. The summed E-state index contributed by atoms with van der Waals surface area (Å²) < 4.78 is 5.69. The van der Waals surface area contributed by atoms with Gasteiger partial charge in [0.1, 0.15) is 5.58 Å². The smallest absolute Gasteiger partial charge is 0.291 e. The van der Waals surface area contributed by atoms with E-state index in [0.717, 1.165) is 34.2 Å². The number of fused-ring (bicyclic) bond motifs is 1. The summed E-state index contributed by atoms with van der Waals surface area (Å²) in [6.07, 6.45) is 0.871. The fourth-order valence-electron chi connectivity index (χ4n) is 2.46. The molecular formula is C18H17NO2. The molecule has 0 atom stereocenters. The minimum atomic E-state index is -0.216. The van der Waals surface area contributed by atoms with Gasteiger partial charge in [-0.3, -0.25) is 4.79 Å². The molecule has 0 aliphatic heterocycles. The first kappa shape index (κ1) is 13.4. The van der Waals surface area contributed by atoms with Crippen molar-refractivity contribution in [1.29, 1.82) is 0 Å². The Morgan fingerprint density at radius 2 is 1.95 bits per heavy atom. The van der Waals surface area contributed by atoms with Gasteiger partial charge in [0.25, 0.3) is 5.91 Å². The Morgan fingerprint density at radius 3 is 2.71 bits per heavy atom. The molecule has 2 aromatic carbocycles. The maximum atomic E-state index is 12.4. The number of benzene rings is 2. The maximum Gasteiger partial charge on any atom is 0.291 e. The van der Waals surface area contributed by atoms with E-state index >= 15 is 0 Å². The third-order valence-electron chi connectivity index (χ3n) is 3.61. The largest absolute Gasteiger partial charge is 0.451 e. The topological polar surface area (TPSA) is 42.2 Å². The predicted molar refractivity (Wildman–Crippen MR) is 84.7 cm³/mol. The Labute approximate surface area is 123 Å². The Morgan fingerprint density at radius 1 is 1.14 bits per heavy atom. The van der Waals surface area contributed by atoms with Crippen LogP contribution in [-0.2, 0) is 6.42 Å². The molecule has 0 bridgehead atoms. The van der Waals surface area contributed by atoms with Gasteiger partial charge in [0.2, 0.25) is 0 Å². The summed E-state index contributed by atoms with van der Waals surface area (Å²) in [5, 5.41) is 3.87. The molecule has 0 aliphatic rings. The summed E-state index contributed by atoms with van der Waals surface area (Å²) >= 11 is 0. The number of nitrogens with one attached hydrogen (secondary N) is 1. The van der Waals surface area contributed by atoms with Crippen molar-refractivity contribution in [3.05, 3.63) is 65.4 Å². The Hall–Kier alpha value is -2.55. The highest BCUT2D eigenvalue weighted by Crippen LogP contribution is 2.24. The zero-order chi connectivity index (χ0) is 14.8. The van der Waals surface area contributed by atoms with Gasteiger partial charge in [-0.2, -0.15) is 0 Å². The average Bonchev–Trinajstić information content (AvgIpc) is 2.93. The lowest BCUT2D eigenvalue weighted by atomic mass is 10.1. The second-order valence-corrected chi connectivity index (χ2v) is 5.07. The zero-order valence-electron chi connectivity index (χ0n) is 12.1. The van der Waals surface area contributed by atoms with Gasteiger partial charge in [-0.15, -0.1) is 0 Å². The monoisotopic (exact) mass is 279 g/mol. The highest BCUT2D eigenvalue weighted by molar-refractivity contribution is 6.05. The Kier molecular flexibility index (Phi) is 3.48. The third-order valence-corrected chi connectivity index (χ3v) is 3.61. The quantitative estimate of drug-likeness (QED) is 0.764. The lowest BCUT2D eigenvalue weighted by Crippen LogP contribution is -2.12. The van der Waals surface area contributed by atoms with Gasteiger partial charge in [0, 0.05) is 11.1 Å². The van der Waals surface area contributed by atoms with Gasteiger partial charge in [-0.1, -0.05) is 43.3 Å². The normalized spacial score (nSPS) is 10.8. The summed E-state index contributed by atoms with van der Waals surface area (Å²) in [5.41, 5.74) is 3.74. The Balaban J connectivity index is 1.92. The van der Waals surface area contributed by atoms with Crippen molar-refractivity contribution in [1.82, 2.24) is 0 Å². The van der Waals surface area contributed by atoms with Gasteiger partial charge in [0.05, 0.1) is 0 Å². The molecule has 106 valence electrons. The van der Waals surface area contributed by atoms with E-state index < -0.39 is 0 Å². The van der Waals surface area contributed by atoms with E-state index in [-0.39, 0.29) is 5.91 Å². The van der Waals surface area contributed by atoms with Crippen molar-refractivity contribution in [2.24, 2.45) is 0 Å². The minimum absolute atomic E-state index is 0.216. The van der Waals surface area contributed by atoms with Gasteiger partial charge in [-0.05, 0) is 36.6 Å². The summed E-state index contributed by atoms with van der Waals surface area (Å²) in [7, 11) is 0. The molecule has 1 amide bonds. The van der Waals surface area contributed by atoms with Crippen molar-refractivity contribution in [3.8, 4) is 0 Å². The van der Waals surface area contributed by atoms with Crippen LogP contribution in [0.1, 0.15) is 28.6 Å². The summed E-state index contributed by atoms with van der Waals surface area (Å²) in [4.78, 5) is 12.4. The van der Waals surface area contributed by atoms with Crippen LogP contribution in [-0.4, -0.2) is 5.91 Å². The summed E-state index contributed by atoms with van der Waals surface area (Å²) in [6, 6.07) is 15.5. The minimum Gasteiger partial charge on any atom is -0.451 e. The van der Waals surface area contributed by atoms with Crippen LogP contribution in [0.3, 0.4) is 0 Å². The average molecular weight is 279 g/mol. The highest BCUT2D eigenvalue weighted by Gasteiger charge is 2.14. The van der Waals surface area contributed by atoms with Gasteiger partial charge in [-0.25, -0.2) is 0 Å². The molecular weight excluding hydrogens is 262 g/mol. The van der Waals surface area contributed by atoms with Crippen LogP contribution in [0, 0.1) is 6.92 Å². The molecule has 0 saturated carbocycles. The fourth-order valence-corrected chi connectivity index (χ4v) is 2.46. The van der Waals surface area contributed by atoms with E-state index in [1.165, 1.54) is 0 Å². The van der Waals surface area contributed by atoms with Crippen LogP contribution in [0.15, 0.2) is 52.9 Å². The second-order valence-electron chi connectivity index (χ2n) is 5.07. The standard InChI is InChI=1S/C18H17NO2/c1-3-13-8-4-5-10-15(13)19-18(20)16-11-14-9-6-7-12(2)17(14)21-16/h4-11H,3H2,1-2H3,(H,19,20). The van der Waals surface area contributed by atoms with Crippen molar-refractivity contribution in [2.75, 3.05) is 5.32 Å². The molecule has 21 heavy (non-hydrogen) atoms. The number of furan rings is 1. The van der Waals surface area contributed by atoms with E-state index in [9.17, 15) is 4.79 Å². The van der Waals surface area contributed by atoms with E-state index in [1.54, 1.807) is 6.07 Å². The molecule has 3 nitrogen and oxygen atoms in total. The van der Waals surface area contributed by atoms with E-state index in [4.69, 9.17) is 4.42 Å². The fraction of sp³-hybridized carbons (Fsp3) is 0.167. The number of carbonyl (C=O) groups is 1. The molecule has 0 aliphatic carbocycles. The molecule has 0 fully saturated rings. The van der Waals surface area contributed by atoms with Crippen molar-refractivity contribution in [3.63, 3.8) is 0 Å². The number of hydrogen-bond acceptors (Lipinski definition) is 2. The molecule has 3 aromatic rings. The van der Waals surface area contributed by atoms with Crippen molar-refractivity contribution in [2.45, 2.75) is 20.3 Å². The number of aryl methyl sites for hydroxylation is 2.